The number of hydrogen-bond donors (Lipinski definition) is 13. The number of nitrogen functional groups attached to an aromatic ring is 1. The fraction of sp³-hybridized carbons (Fsp3) is 0.119. The number of methoxy groups -OCH3 is 2. The maximum Gasteiger partial charge on any atom is 0.358 e. The Labute approximate surface area is 618 Å². The third-order valence-corrected chi connectivity index (χ3v) is 16.1. The van der Waals surface area contributed by atoms with Gasteiger partial charge in [-0.25, -0.2) is 33.1 Å². The van der Waals surface area contributed by atoms with Crippen molar-refractivity contribution in [3.8, 4) is 11.8 Å². The highest BCUT2D eigenvalue weighted by molar-refractivity contribution is 7.99. The smallest absolute Gasteiger partial charge is 0.358 e. The number of nitrogens with two attached hydrogens (primary N) is 4. The van der Waals surface area contributed by atoms with Gasteiger partial charge in [-0.3, -0.25) is 14.4 Å². The van der Waals surface area contributed by atoms with E-state index in [1.54, 1.807) is 67.1 Å². The number of nitrogens with one attached hydrogen (secondary N) is 6. The van der Waals surface area contributed by atoms with Crippen LogP contribution in [0.3, 0.4) is 0 Å². The number of aliphatic hydroxyl groups is 1. The first-order valence-electron chi connectivity index (χ1n) is 28.6. The highest BCUT2D eigenvalue weighted by Gasteiger charge is 2.21. The molecule has 0 fully saturated rings. The highest BCUT2D eigenvalue weighted by Crippen LogP contribution is 2.32. The molecule has 46 heteroatoms. The van der Waals surface area contributed by atoms with Crippen LogP contribution in [0.2, 0.25) is 10.3 Å². The maximum atomic E-state index is 12.0. The van der Waals surface area contributed by atoms with E-state index >= 15 is 0 Å². The Morgan fingerprint density at radius 3 is 1.19 bits per heavy atom. The van der Waals surface area contributed by atoms with Gasteiger partial charge in [-0.2, -0.15) is 5.10 Å². The van der Waals surface area contributed by atoms with E-state index in [2.05, 4.69) is 123 Å². The predicted octanol–water partition coefficient (Wildman–Crippen LogP) is 6.30. The molecule has 0 aromatic carbocycles. The van der Waals surface area contributed by atoms with E-state index in [0.29, 0.717) is 69.6 Å². The molecule has 0 spiro atoms. The Bertz CT molecular complexity index is 4760. The molecule has 0 saturated carbocycles. The molecule has 21 N–H and O–H groups in total. The van der Waals surface area contributed by atoms with Crippen LogP contribution >= 0.6 is 58.5 Å². The van der Waals surface area contributed by atoms with Gasteiger partial charge in [0, 0.05) is 82.1 Å². The maximum absolute atomic E-state index is 12.0. The first-order chi connectivity index (χ1) is 49.4. The summed E-state index contributed by atoms with van der Waals surface area (Å²) >= 11 is 16.0. The number of aromatic nitrogens is 18. The number of thioether (sulfide) groups is 3. The minimum absolute atomic E-state index is 0. The number of carbonyl (C=O) groups is 4. The monoisotopic (exact) mass is 1550 g/mol. The molecule has 0 atom stereocenters. The molecule has 548 valence electrons. The molecule has 11 aromatic heterocycles. The predicted molar refractivity (Wildman–Crippen MR) is 394 cm³/mol. The van der Waals surface area contributed by atoms with Gasteiger partial charge >= 0.3 is 5.97 Å². The second kappa shape index (κ2) is 41.0. The lowest BCUT2D eigenvalue weighted by atomic mass is 10.3. The number of sulfone groups is 1. The van der Waals surface area contributed by atoms with Gasteiger partial charge < -0.3 is 86.1 Å². The molecule has 105 heavy (non-hydrogen) atoms. The Kier molecular flexibility index (Phi) is 32.5. The van der Waals surface area contributed by atoms with Crippen LogP contribution in [-0.4, -0.2) is 178 Å². The molecular weight excluding hydrogens is 1490 g/mol. The average molecular weight is 1550 g/mol. The van der Waals surface area contributed by atoms with Gasteiger partial charge in [0.05, 0.1) is 49.3 Å². The lowest BCUT2D eigenvalue weighted by Crippen LogP contribution is -2.17. The van der Waals surface area contributed by atoms with Crippen LogP contribution in [0.4, 0.5) is 75.1 Å². The molecule has 3 amide bonds. The number of rotatable bonds is 23. The van der Waals surface area contributed by atoms with Crippen molar-refractivity contribution in [1.82, 2.24) is 97.5 Å². The van der Waals surface area contributed by atoms with E-state index in [4.69, 9.17) is 65.8 Å². The fourth-order valence-corrected chi connectivity index (χ4v) is 10.3. The second-order valence-electron chi connectivity index (χ2n) is 19.3. The number of ether oxygens (including phenoxy) is 2. The van der Waals surface area contributed by atoms with Crippen LogP contribution < -0.4 is 70.5 Å². The molecule has 0 aliphatic heterocycles. The number of carboxylic acids is 1. The van der Waals surface area contributed by atoms with Gasteiger partial charge in [0.15, 0.2) is 66.2 Å². The van der Waals surface area contributed by atoms with Crippen LogP contribution in [0.25, 0.3) is 0 Å². The van der Waals surface area contributed by atoms with Crippen molar-refractivity contribution >= 4 is 167 Å². The molecule has 11 rings (SSSR count). The van der Waals surface area contributed by atoms with E-state index in [1.165, 1.54) is 86.0 Å². The number of primary amides is 3. The first-order valence-corrected chi connectivity index (χ1v) is 34.9. The van der Waals surface area contributed by atoms with Crippen molar-refractivity contribution < 1.29 is 52.8 Å². The van der Waals surface area contributed by atoms with Crippen molar-refractivity contribution in [2.75, 3.05) is 76.9 Å². The third kappa shape index (κ3) is 25.0. The van der Waals surface area contributed by atoms with Gasteiger partial charge in [0.2, 0.25) is 11.8 Å². The zero-order valence-electron chi connectivity index (χ0n) is 55.5. The van der Waals surface area contributed by atoms with Crippen LogP contribution in [-0.2, 0) is 16.4 Å². The number of nitrogens with zero attached hydrogens (tertiary/aromatic N) is 18. The molecule has 0 saturated heterocycles. The van der Waals surface area contributed by atoms with Gasteiger partial charge in [-0.1, -0.05) is 23.2 Å². The topological polar surface area (TPSA) is 636 Å². The van der Waals surface area contributed by atoms with E-state index < -0.39 is 33.5 Å². The second-order valence-corrected chi connectivity index (χ2v) is 24.6. The molecule has 11 heterocycles. The molecular formula is C59H63Cl2N29O11S4. The number of aromatic carboxylic acids is 1. The lowest BCUT2D eigenvalue weighted by Gasteiger charge is -2.12. The van der Waals surface area contributed by atoms with Gasteiger partial charge in [-0.05, 0) is 91.6 Å². The SMILES string of the molecule is COc1ccc(N)nn1.COc1ccc(Nc2cc(Nc3ncccc3S(C)(=O)=O)c(C(N)=O)nn2)nn1.CSc1cccnc1Nc1cc(Cl)nnc1C(=O)O.CSc1cccnc1Nc1cc(Cl)nnc1C(N)=O.CSc1cccnc1Nc1cc(Nc2ccc(CO)nn2)nnc1C(N)=O.N.O. The molecule has 0 bridgehead atoms. The van der Waals surface area contributed by atoms with Crippen molar-refractivity contribution in [1.29, 1.82) is 0 Å². The van der Waals surface area contributed by atoms with Crippen molar-refractivity contribution in [2.45, 2.75) is 26.2 Å². The number of hydrogen-bond acceptors (Lipinski definition) is 38. The Morgan fingerprint density at radius 2 is 0.829 bits per heavy atom. The zero-order chi connectivity index (χ0) is 74.6. The standard InChI is InChI=1S/C16H16N8O4S.C16H16N8O2S.C11H10ClN5OS.C11H9ClN4O2S.C5H7N3O.H3N.H2O/c1-28-13-6-5-11(21-23-13)20-12-8-9(14(15(17)25)24-22-12)19-16-10(29(2,26)27)4-3-7-18-16;1-27-11-3-2-6-18-16(11)19-10-7-13(23-24-14(10)15(17)26)20-12-5-4-9(8-25)21-22-12;1-19-7-3-2-4-14-11(7)15-6-5-8(12)16-17-9(6)10(13)18;1-19-7-3-2-4-13-10(7)14-6-5-8(12)15-16-9(6)11(17)18;1-9-5-3-2-4(6)7-8-5;;/h3-8H,1-2H3,(H2,17,25)(H2,18,19,20,21,22);2-7,25H,8H2,1H3,(H2,17,26)(H2,18,19,20,22,23);2-5H,1H3,(H2,13,18)(H,14,15,16);2-5H,1H3,(H,17,18)(H,13,14,15);2-3H,1H3,(H2,6,7);1H3;1H2. The van der Waals surface area contributed by atoms with Crippen molar-refractivity contribution in [2.24, 2.45) is 17.2 Å². The summed E-state index contributed by atoms with van der Waals surface area (Å²) in [4.78, 5) is 65.1. The van der Waals surface area contributed by atoms with E-state index in [1.807, 2.05) is 49.1 Å². The molecule has 0 aliphatic rings. The largest absolute Gasteiger partial charge is 0.480 e. The molecule has 0 aliphatic carbocycles. The summed E-state index contributed by atoms with van der Waals surface area (Å²) in [5, 5.41) is 88.4. The quantitative estimate of drug-likeness (QED) is 0.0312. The van der Waals surface area contributed by atoms with E-state index in [9.17, 15) is 27.6 Å². The summed E-state index contributed by atoms with van der Waals surface area (Å²) in [5.41, 5.74) is 22.4. The summed E-state index contributed by atoms with van der Waals surface area (Å²) in [5.74, 6) is 0.761. The summed E-state index contributed by atoms with van der Waals surface area (Å²) in [6.07, 6.45) is 13.1. The minimum atomic E-state index is -3.57. The molecule has 0 unspecified atom stereocenters. The number of carboxylic acid groups (broad SMARTS) is 1. The van der Waals surface area contributed by atoms with Gasteiger partial charge in [0.25, 0.3) is 17.7 Å². The first kappa shape index (κ1) is 83.4. The Hall–Kier alpha value is -12.3. The Balaban J connectivity index is 0.000000243. The normalized spacial score (nSPS) is 10.2. The number of halogens is 2. The molecule has 40 nitrogen and oxygen atoms in total. The molecule has 0 radical (unpaired) electrons. The van der Waals surface area contributed by atoms with Crippen LogP contribution in [0.1, 0.15) is 47.6 Å². The summed E-state index contributed by atoms with van der Waals surface area (Å²) in [6, 6.07) is 29.6. The van der Waals surface area contributed by atoms with Crippen molar-refractivity contribution in [3.63, 3.8) is 0 Å². The average Bonchev–Trinajstić information content (AvgIpc) is 0.818. The van der Waals surface area contributed by atoms with Crippen LogP contribution in [0.15, 0.2) is 154 Å². The minimum Gasteiger partial charge on any atom is -0.480 e. The van der Waals surface area contributed by atoms with Crippen LogP contribution in [0, 0.1) is 0 Å². The Morgan fingerprint density at radius 1 is 0.467 bits per heavy atom. The number of amides is 3. The zero-order valence-corrected chi connectivity index (χ0v) is 60.3. The highest BCUT2D eigenvalue weighted by atomic mass is 35.5. The fourth-order valence-electron chi connectivity index (χ4n) is 7.68. The number of anilines is 13. The summed E-state index contributed by atoms with van der Waals surface area (Å²) in [6.45, 7) is -0.198. The number of aliphatic hydroxyl groups excluding tert-OH is 1. The third-order valence-electron chi connectivity index (χ3n) is 12.3. The summed E-state index contributed by atoms with van der Waals surface area (Å²) in [7, 11) is -0.583. The van der Waals surface area contributed by atoms with E-state index in [0.717, 1.165) is 20.9 Å². The van der Waals surface area contributed by atoms with Gasteiger partial charge in [0.1, 0.15) is 34.0 Å². The lowest BCUT2D eigenvalue weighted by molar-refractivity contribution is 0.0689. The number of carbonyl (C=O) groups excluding carboxylic acids is 3. The van der Waals surface area contributed by atoms with E-state index in [-0.39, 0.29) is 79.2 Å². The van der Waals surface area contributed by atoms with Gasteiger partial charge in [-0.15, -0.1) is 102 Å². The molecule has 11 aromatic rings. The van der Waals surface area contributed by atoms with Crippen LogP contribution in [0.5, 0.6) is 11.8 Å². The van der Waals surface area contributed by atoms with Crippen molar-refractivity contribution in [3.05, 3.63) is 173 Å². The number of pyridine rings is 4. The summed E-state index contributed by atoms with van der Waals surface area (Å²) < 4.78 is 33.7.